The van der Waals surface area contributed by atoms with Crippen molar-refractivity contribution in [3.05, 3.63) is 54.1 Å². The fraction of sp³-hybridized carbons (Fsp3) is 0.158. The number of hydrogen-bond donors (Lipinski definition) is 1. The highest BCUT2D eigenvalue weighted by atomic mass is 32.2. The summed E-state index contributed by atoms with van der Waals surface area (Å²) in [5, 5.41) is 10.2. The second-order valence-electron chi connectivity index (χ2n) is 5.20. The molecule has 0 aliphatic heterocycles. The Balaban J connectivity index is 2.16. The molecular formula is C19H17NO3S. The van der Waals surface area contributed by atoms with Crippen molar-refractivity contribution in [3.63, 3.8) is 0 Å². The van der Waals surface area contributed by atoms with Gasteiger partial charge in [-0.3, -0.25) is 0 Å². The summed E-state index contributed by atoms with van der Waals surface area (Å²) in [4.78, 5) is 17.5. The fourth-order valence-electron chi connectivity index (χ4n) is 2.55. The maximum Gasteiger partial charge on any atom is 0.336 e. The third-order valence-corrected chi connectivity index (χ3v) is 4.45. The Morgan fingerprint density at radius 2 is 1.92 bits per heavy atom. The lowest BCUT2D eigenvalue weighted by molar-refractivity contribution is 0.0699. The van der Waals surface area contributed by atoms with Crippen LogP contribution in [-0.4, -0.2) is 28.9 Å². The average Bonchev–Trinajstić information content (AvgIpc) is 2.61. The van der Waals surface area contributed by atoms with E-state index in [2.05, 4.69) is 4.98 Å². The standard InChI is InChI=1S/C19H17NO3S/c1-3-23-13-6-9-17-15(10-13)16(19(21)22)11-18(20-17)12-4-7-14(24-2)8-5-12/h4-11H,3H2,1-2H3,(H,21,22). The van der Waals surface area contributed by atoms with Gasteiger partial charge < -0.3 is 9.84 Å². The van der Waals surface area contributed by atoms with Crippen LogP contribution >= 0.6 is 11.8 Å². The molecule has 0 atom stereocenters. The molecule has 5 heteroatoms. The lowest BCUT2D eigenvalue weighted by Crippen LogP contribution is -2.01. The van der Waals surface area contributed by atoms with Crippen LogP contribution in [0.2, 0.25) is 0 Å². The normalized spacial score (nSPS) is 10.8. The Morgan fingerprint density at radius 1 is 1.17 bits per heavy atom. The molecule has 0 saturated carbocycles. The molecule has 0 amide bonds. The minimum atomic E-state index is -0.974. The number of carboxylic acids is 1. The van der Waals surface area contributed by atoms with E-state index in [0.29, 0.717) is 29.0 Å². The van der Waals surface area contributed by atoms with Gasteiger partial charge in [-0.25, -0.2) is 9.78 Å². The molecular weight excluding hydrogens is 322 g/mol. The molecule has 2 aromatic carbocycles. The minimum absolute atomic E-state index is 0.227. The lowest BCUT2D eigenvalue weighted by Gasteiger charge is -2.10. The van der Waals surface area contributed by atoms with Crippen molar-refractivity contribution >= 4 is 28.6 Å². The summed E-state index contributed by atoms with van der Waals surface area (Å²) >= 11 is 1.66. The van der Waals surface area contributed by atoms with Gasteiger partial charge >= 0.3 is 5.97 Å². The van der Waals surface area contributed by atoms with Gasteiger partial charge in [0.1, 0.15) is 5.75 Å². The topological polar surface area (TPSA) is 59.4 Å². The largest absolute Gasteiger partial charge is 0.494 e. The van der Waals surface area contributed by atoms with E-state index in [1.807, 2.05) is 43.5 Å². The number of fused-ring (bicyclic) bond motifs is 1. The average molecular weight is 339 g/mol. The molecule has 0 aliphatic rings. The molecule has 0 radical (unpaired) electrons. The predicted octanol–water partition coefficient (Wildman–Crippen LogP) is 4.72. The van der Waals surface area contributed by atoms with Crippen LogP contribution in [0.3, 0.4) is 0 Å². The zero-order chi connectivity index (χ0) is 17.1. The zero-order valence-corrected chi connectivity index (χ0v) is 14.3. The number of hydrogen-bond acceptors (Lipinski definition) is 4. The molecule has 1 heterocycles. The van der Waals surface area contributed by atoms with Crippen LogP contribution in [0.25, 0.3) is 22.2 Å². The van der Waals surface area contributed by atoms with E-state index in [9.17, 15) is 9.90 Å². The van der Waals surface area contributed by atoms with Crippen LogP contribution in [0.1, 0.15) is 17.3 Å². The van der Waals surface area contributed by atoms with Gasteiger partial charge in [0, 0.05) is 15.8 Å². The number of thioether (sulfide) groups is 1. The van der Waals surface area contributed by atoms with Gasteiger partial charge in [0.25, 0.3) is 0 Å². The van der Waals surface area contributed by atoms with E-state index in [1.165, 1.54) is 0 Å². The number of nitrogens with zero attached hydrogens (tertiary/aromatic N) is 1. The molecule has 0 unspecified atom stereocenters. The monoisotopic (exact) mass is 339 g/mol. The summed E-state index contributed by atoms with van der Waals surface area (Å²) in [5.74, 6) is -0.329. The van der Waals surface area contributed by atoms with E-state index in [4.69, 9.17) is 4.74 Å². The molecule has 1 aromatic heterocycles. The van der Waals surface area contributed by atoms with Gasteiger partial charge in [-0.15, -0.1) is 11.8 Å². The summed E-state index contributed by atoms with van der Waals surface area (Å²) in [6, 6.07) is 14.9. The van der Waals surface area contributed by atoms with Gasteiger partial charge in [0.05, 0.1) is 23.4 Å². The number of ether oxygens (including phenoxy) is 1. The van der Waals surface area contributed by atoms with E-state index in [0.717, 1.165) is 10.5 Å². The molecule has 122 valence electrons. The Hall–Kier alpha value is -2.53. The van der Waals surface area contributed by atoms with Crippen molar-refractivity contribution in [2.45, 2.75) is 11.8 Å². The third kappa shape index (κ3) is 3.21. The van der Waals surface area contributed by atoms with Crippen LogP contribution in [0.5, 0.6) is 5.75 Å². The van der Waals surface area contributed by atoms with E-state index >= 15 is 0 Å². The highest BCUT2D eigenvalue weighted by molar-refractivity contribution is 7.98. The van der Waals surface area contributed by atoms with Crippen molar-refractivity contribution in [2.24, 2.45) is 0 Å². The number of carboxylic acid groups (broad SMARTS) is 1. The second-order valence-corrected chi connectivity index (χ2v) is 6.08. The molecule has 0 aliphatic carbocycles. The Labute approximate surface area is 144 Å². The quantitative estimate of drug-likeness (QED) is 0.682. The molecule has 0 spiro atoms. The first-order valence-electron chi connectivity index (χ1n) is 7.57. The van der Waals surface area contributed by atoms with Crippen molar-refractivity contribution in [3.8, 4) is 17.0 Å². The molecule has 4 nitrogen and oxygen atoms in total. The summed E-state index contributed by atoms with van der Waals surface area (Å²) in [6.45, 7) is 2.42. The zero-order valence-electron chi connectivity index (χ0n) is 13.4. The molecule has 3 aromatic rings. The summed E-state index contributed by atoms with van der Waals surface area (Å²) < 4.78 is 5.47. The molecule has 3 rings (SSSR count). The summed E-state index contributed by atoms with van der Waals surface area (Å²) in [7, 11) is 0. The van der Waals surface area contributed by atoms with Crippen molar-refractivity contribution in [1.29, 1.82) is 0 Å². The van der Waals surface area contributed by atoms with E-state index in [-0.39, 0.29) is 5.56 Å². The van der Waals surface area contributed by atoms with Crippen molar-refractivity contribution < 1.29 is 14.6 Å². The van der Waals surface area contributed by atoms with Crippen LogP contribution in [0.4, 0.5) is 0 Å². The predicted molar refractivity (Wildman–Crippen MR) is 97.1 cm³/mol. The number of pyridine rings is 1. The first-order chi connectivity index (χ1) is 11.6. The number of benzene rings is 2. The highest BCUT2D eigenvalue weighted by Gasteiger charge is 2.14. The van der Waals surface area contributed by atoms with Gasteiger partial charge in [0.15, 0.2) is 0 Å². The van der Waals surface area contributed by atoms with Gasteiger partial charge in [-0.2, -0.15) is 0 Å². The summed E-state index contributed by atoms with van der Waals surface area (Å²) in [6.07, 6.45) is 2.02. The van der Waals surface area contributed by atoms with Crippen LogP contribution in [0.15, 0.2) is 53.4 Å². The summed E-state index contributed by atoms with van der Waals surface area (Å²) in [5.41, 5.74) is 2.41. The lowest BCUT2D eigenvalue weighted by atomic mass is 10.0. The maximum absolute atomic E-state index is 11.7. The molecule has 0 fully saturated rings. The maximum atomic E-state index is 11.7. The van der Waals surface area contributed by atoms with Crippen LogP contribution in [-0.2, 0) is 0 Å². The SMILES string of the molecule is CCOc1ccc2nc(-c3ccc(SC)cc3)cc(C(=O)O)c2c1. The van der Waals surface area contributed by atoms with E-state index in [1.54, 1.807) is 30.0 Å². The van der Waals surface area contributed by atoms with Gasteiger partial charge in [0.2, 0.25) is 0 Å². The highest BCUT2D eigenvalue weighted by Crippen LogP contribution is 2.29. The van der Waals surface area contributed by atoms with Crippen molar-refractivity contribution in [2.75, 3.05) is 12.9 Å². The van der Waals surface area contributed by atoms with Crippen molar-refractivity contribution in [1.82, 2.24) is 4.98 Å². The Morgan fingerprint density at radius 3 is 2.54 bits per heavy atom. The molecule has 0 bridgehead atoms. The Bertz CT molecular complexity index is 891. The first-order valence-corrected chi connectivity index (χ1v) is 8.80. The van der Waals surface area contributed by atoms with Crippen LogP contribution < -0.4 is 4.74 Å². The molecule has 24 heavy (non-hydrogen) atoms. The second kappa shape index (κ2) is 6.93. The van der Waals surface area contributed by atoms with Gasteiger partial charge in [-0.05, 0) is 49.6 Å². The number of carbonyl (C=O) groups is 1. The number of aromatic carboxylic acids is 1. The number of aromatic nitrogens is 1. The smallest absolute Gasteiger partial charge is 0.336 e. The molecule has 0 saturated heterocycles. The fourth-order valence-corrected chi connectivity index (χ4v) is 2.96. The third-order valence-electron chi connectivity index (χ3n) is 3.71. The first kappa shape index (κ1) is 16.3. The van der Waals surface area contributed by atoms with Crippen LogP contribution in [0, 0.1) is 0 Å². The number of rotatable bonds is 5. The van der Waals surface area contributed by atoms with Gasteiger partial charge in [-0.1, -0.05) is 12.1 Å². The molecule has 1 N–H and O–H groups in total. The Kier molecular flexibility index (Phi) is 4.71. The minimum Gasteiger partial charge on any atom is -0.494 e. The van der Waals surface area contributed by atoms with E-state index < -0.39 is 5.97 Å².